The fourth-order valence-electron chi connectivity index (χ4n) is 2.14. The maximum absolute atomic E-state index is 12.3. The molecule has 1 saturated heterocycles. The van der Waals surface area contributed by atoms with Crippen molar-refractivity contribution in [2.45, 2.75) is 24.9 Å². The summed E-state index contributed by atoms with van der Waals surface area (Å²) in [5.41, 5.74) is 0. The van der Waals surface area contributed by atoms with Gasteiger partial charge in [0.1, 0.15) is 11.9 Å². The fourth-order valence-corrected chi connectivity index (χ4v) is 2.69. The zero-order valence-electron chi connectivity index (χ0n) is 10.7. The number of carbonyl (C=O) groups excluding carboxylic acids is 1. The number of halogens is 2. The van der Waals surface area contributed by atoms with E-state index in [1.54, 1.807) is 6.20 Å². The van der Waals surface area contributed by atoms with Crippen LogP contribution in [-0.2, 0) is 9.53 Å². The van der Waals surface area contributed by atoms with Gasteiger partial charge in [-0.1, -0.05) is 0 Å². The lowest BCUT2D eigenvalue weighted by atomic mass is 10.2. The molecule has 1 aliphatic heterocycles. The van der Waals surface area contributed by atoms with Gasteiger partial charge < -0.3 is 15.0 Å². The standard InChI is InChI=1S/C12H14BrClN4O2/c13-8-5-15-12(14)17-10(8)18-3-4-20-6-9(18)11(19)16-7-1-2-7/h5,7,9H,1-4,6H2,(H,16,19). The third-order valence-corrected chi connectivity index (χ3v) is 4.06. The van der Waals surface area contributed by atoms with E-state index < -0.39 is 0 Å². The van der Waals surface area contributed by atoms with Gasteiger partial charge in [0.2, 0.25) is 11.2 Å². The summed E-state index contributed by atoms with van der Waals surface area (Å²) >= 11 is 9.26. The molecule has 1 aromatic rings. The lowest BCUT2D eigenvalue weighted by Crippen LogP contribution is -2.54. The molecule has 2 aliphatic rings. The van der Waals surface area contributed by atoms with Crippen LogP contribution in [0, 0.1) is 0 Å². The molecular formula is C12H14BrClN4O2. The van der Waals surface area contributed by atoms with Crippen molar-refractivity contribution >= 4 is 39.3 Å². The molecule has 1 N–H and O–H groups in total. The Kier molecular flexibility index (Phi) is 4.09. The molecule has 0 spiro atoms. The van der Waals surface area contributed by atoms with Crippen LogP contribution in [0.5, 0.6) is 0 Å². The minimum atomic E-state index is -0.383. The van der Waals surface area contributed by atoms with E-state index in [0.29, 0.717) is 36.1 Å². The predicted molar refractivity (Wildman–Crippen MR) is 77.9 cm³/mol. The minimum absolute atomic E-state index is 0.0196. The van der Waals surface area contributed by atoms with Gasteiger partial charge in [-0.3, -0.25) is 4.79 Å². The summed E-state index contributed by atoms with van der Waals surface area (Å²) in [5.74, 6) is 0.609. The zero-order chi connectivity index (χ0) is 14.1. The highest BCUT2D eigenvalue weighted by atomic mass is 79.9. The van der Waals surface area contributed by atoms with Crippen LogP contribution < -0.4 is 10.2 Å². The number of ether oxygens (including phenoxy) is 1. The van der Waals surface area contributed by atoms with Crippen LogP contribution in [0.3, 0.4) is 0 Å². The van der Waals surface area contributed by atoms with E-state index in [0.717, 1.165) is 12.8 Å². The average molecular weight is 362 g/mol. The van der Waals surface area contributed by atoms with E-state index in [4.69, 9.17) is 16.3 Å². The van der Waals surface area contributed by atoms with Crippen molar-refractivity contribution in [3.8, 4) is 0 Å². The Hall–Kier alpha value is -0.920. The number of aromatic nitrogens is 2. The molecule has 1 unspecified atom stereocenters. The molecule has 2 heterocycles. The summed E-state index contributed by atoms with van der Waals surface area (Å²) in [6.07, 6.45) is 3.71. The van der Waals surface area contributed by atoms with Crippen LogP contribution in [0.1, 0.15) is 12.8 Å². The number of amides is 1. The summed E-state index contributed by atoms with van der Waals surface area (Å²) in [7, 11) is 0. The molecule has 8 heteroatoms. The van der Waals surface area contributed by atoms with Gasteiger partial charge in [-0.05, 0) is 40.4 Å². The van der Waals surface area contributed by atoms with E-state index in [1.807, 2.05) is 4.90 Å². The first-order valence-corrected chi connectivity index (χ1v) is 7.65. The van der Waals surface area contributed by atoms with E-state index >= 15 is 0 Å². The van der Waals surface area contributed by atoms with Crippen LogP contribution in [0.4, 0.5) is 5.82 Å². The van der Waals surface area contributed by atoms with Gasteiger partial charge in [-0.2, -0.15) is 4.98 Å². The number of nitrogens with one attached hydrogen (secondary N) is 1. The molecule has 1 aromatic heterocycles. The Morgan fingerprint density at radius 3 is 3.10 bits per heavy atom. The van der Waals surface area contributed by atoms with Gasteiger partial charge in [0.25, 0.3) is 0 Å². The Balaban J connectivity index is 1.83. The molecule has 0 radical (unpaired) electrons. The van der Waals surface area contributed by atoms with Gasteiger partial charge in [-0.15, -0.1) is 0 Å². The largest absolute Gasteiger partial charge is 0.377 e. The average Bonchev–Trinajstić information content (AvgIpc) is 3.25. The first-order chi connectivity index (χ1) is 9.65. The second-order valence-corrected chi connectivity index (χ2v) is 6.07. The van der Waals surface area contributed by atoms with Crippen molar-refractivity contribution in [1.82, 2.24) is 15.3 Å². The highest BCUT2D eigenvalue weighted by molar-refractivity contribution is 9.10. The van der Waals surface area contributed by atoms with E-state index in [9.17, 15) is 4.79 Å². The lowest BCUT2D eigenvalue weighted by molar-refractivity contribution is -0.124. The number of hydrogen-bond acceptors (Lipinski definition) is 5. The second-order valence-electron chi connectivity index (χ2n) is 4.88. The molecule has 1 aliphatic carbocycles. The third-order valence-electron chi connectivity index (χ3n) is 3.32. The summed E-state index contributed by atoms with van der Waals surface area (Å²) in [5, 5.41) is 3.17. The van der Waals surface area contributed by atoms with E-state index in [2.05, 4.69) is 31.2 Å². The minimum Gasteiger partial charge on any atom is -0.377 e. The van der Waals surface area contributed by atoms with Crippen LogP contribution >= 0.6 is 27.5 Å². The summed E-state index contributed by atoms with van der Waals surface area (Å²) in [6.45, 7) is 1.50. The van der Waals surface area contributed by atoms with Gasteiger partial charge in [0.05, 0.1) is 17.7 Å². The lowest BCUT2D eigenvalue weighted by Gasteiger charge is -2.35. The molecule has 2 fully saturated rings. The quantitative estimate of drug-likeness (QED) is 0.824. The monoisotopic (exact) mass is 360 g/mol. The number of carbonyl (C=O) groups is 1. The molecule has 3 rings (SSSR count). The Bertz CT molecular complexity index is 526. The van der Waals surface area contributed by atoms with Crippen LogP contribution in [0.2, 0.25) is 5.28 Å². The van der Waals surface area contributed by atoms with Gasteiger partial charge in [0, 0.05) is 18.8 Å². The fraction of sp³-hybridized carbons (Fsp3) is 0.583. The number of nitrogens with zero attached hydrogens (tertiary/aromatic N) is 3. The molecular weight excluding hydrogens is 348 g/mol. The molecule has 20 heavy (non-hydrogen) atoms. The summed E-state index contributed by atoms with van der Waals surface area (Å²) in [4.78, 5) is 22.4. The Labute approximate surface area is 130 Å². The predicted octanol–water partition coefficient (Wildman–Crippen LogP) is 1.38. The smallest absolute Gasteiger partial charge is 0.245 e. The maximum Gasteiger partial charge on any atom is 0.245 e. The topological polar surface area (TPSA) is 67.3 Å². The first kappa shape index (κ1) is 14.0. The number of rotatable bonds is 3. The van der Waals surface area contributed by atoms with Crippen LogP contribution in [0.25, 0.3) is 0 Å². The zero-order valence-corrected chi connectivity index (χ0v) is 13.0. The second kappa shape index (κ2) is 5.83. The van der Waals surface area contributed by atoms with E-state index in [-0.39, 0.29) is 17.2 Å². The van der Waals surface area contributed by atoms with E-state index in [1.165, 1.54) is 0 Å². The van der Waals surface area contributed by atoms with Crippen molar-refractivity contribution in [3.05, 3.63) is 16.0 Å². The SMILES string of the molecule is O=C(NC1CC1)C1COCCN1c1nc(Cl)ncc1Br. The molecule has 108 valence electrons. The van der Waals surface area contributed by atoms with Crippen molar-refractivity contribution in [2.75, 3.05) is 24.7 Å². The van der Waals surface area contributed by atoms with Gasteiger partial charge in [-0.25, -0.2) is 4.98 Å². The molecule has 0 bridgehead atoms. The van der Waals surface area contributed by atoms with Crippen molar-refractivity contribution in [3.63, 3.8) is 0 Å². The Morgan fingerprint density at radius 1 is 1.55 bits per heavy atom. The van der Waals surface area contributed by atoms with Crippen LogP contribution in [-0.4, -0.2) is 47.7 Å². The molecule has 6 nitrogen and oxygen atoms in total. The molecule has 1 amide bonds. The number of morpholine rings is 1. The number of anilines is 1. The molecule has 1 saturated carbocycles. The van der Waals surface area contributed by atoms with Crippen molar-refractivity contribution < 1.29 is 9.53 Å². The van der Waals surface area contributed by atoms with Crippen molar-refractivity contribution in [1.29, 1.82) is 0 Å². The maximum atomic E-state index is 12.3. The Morgan fingerprint density at radius 2 is 2.35 bits per heavy atom. The summed E-state index contributed by atoms with van der Waals surface area (Å²) < 4.78 is 6.15. The van der Waals surface area contributed by atoms with Crippen molar-refractivity contribution in [2.24, 2.45) is 0 Å². The van der Waals surface area contributed by atoms with Gasteiger partial charge in [0.15, 0.2) is 0 Å². The molecule has 1 atom stereocenters. The molecule has 0 aromatic carbocycles. The van der Waals surface area contributed by atoms with Gasteiger partial charge >= 0.3 is 0 Å². The summed E-state index contributed by atoms with van der Waals surface area (Å²) in [6, 6.07) is -0.0599. The first-order valence-electron chi connectivity index (χ1n) is 6.48. The highest BCUT2D eigenvalue weighted by Gasteiger charge is 2.34. The highest BCUT2D eigenvalue weighted by Crippen LogP contribution is 2.28. The normalized spacial score (nSPS) is 22.7. The van der Waals surface area contributed by atoms with Crippen LogP contribution in [0.15, 0.2) is 10.7 Å². The third kappa shape index (κ3) is 3.05. The number of hydrogen-bond donors (Lipinski definition) is 1.